The standard InChI is InChI=1S/C20H26BrN3O4S/c21-16-6-8-17(9-7-16)29(26,27)23-11-10-20(25)22-15-18(19-5-4-14-28-19)24-12-2-1-3-13-24/h4-9,14,18,23H,1-3,10-13,15H2,(H,22,25)/t18-/m1/s1. The van der Waals surface area contributed by atoms with Crippen molar-refractivity contribution in [1.82, 2.24) is 14.9 Å². The van der Waals surface area contributed by atoms with Crippen molar-refractivity contribution in [2.75, 3.05) is 26.2 Å². The van der Waals surface area contributed by atoms with Crippen LogP contribution in [0.1, 0.15) is 37.5 Å². The van der Waals surface area contributed by atoms with Crippen molar-refractivity contribution in [2.45, 2.75) is 36.6 Å². The molecule has 0 bridgehead atoms. The van der Waals surface area contributed by atoms with Gasteiger partial charge < -0.3 is 9.73 Å². The summed E-state index contributed by atoms with van der Waals surface area (Å²) in [6, 6.07) is 10.1. The number of carbonyl (C=O) groups excluding carboxylic acids is 1. The molecule has 1 aliphatic rings. The van der Waals surface area contributed by atoms with Crippen LogP contribution in [0.3, 0.4) is 0 Å². The highest BCUT2D eigenvalue weighted by atomic mass is 79.9. The molecular weight excluding hydrogens is 458 g/mol. The molecule has 1 aromatic carbocycles. The molecule has 2 N–H and O–H groups in total. The van der Waals surface area contributed by atoms with Gasteiger partial charge in [-0.1, -0.05) is 22.4 Å². The minimum atomic E-state index is -3.63. The van der Waals surface area contributed by atoms with Crippen LogP contribution in [-0.2, 0) is 14.8 Å². The van der Waals surface area contributed by atoms with Crippen LogP contribution < -0.4 is 10.0 Å². The molecule has 1 atom stereocenters. The number of rotatable bonds is 9. The molecule has 1 aliphatic heterocycles. The molecule has 3 rings (SSSR count). The van der Waals surface area contributed by atoms with E-state index in [2.05, 4.69) is 30.9 Å². The first-order valence-corrected chi connectivity index (χ1v) is 12.0. The number of piperidine rings is 1. The van der Waals surface area contributed by atoms with E-state index in [0.29, 0.717) is 6.54 Å². The van der Waals surface area contributed by atoms with Crippen LogP contribution in [0.4, 0.5) is 0 Å². The van der Waals surface area contributed by atoms with Gasteiger partial charge in [-0.05, 0) is 62.3 Å². The second-order valence-corrected chi connectivity index (χ2v) is 9.72. The first-order valence-electron chi connectivity index (χ1n) is 9.75. The third kappa shape index (κ3) is 6.40. The van der Waals surface area contributed by atoms with Crippen molar-refractivity contribution in [3.05, 3.63) is 52.9 Å². The topological polar surface area (TPSA) is 91.6 Å². The lowest BCUT2D eigenvalue weighted by Gasteiger charge is -2.33. The Balaban J connectivity index is 1.48. The fourth-order valence-corrected chi connectivity index (χ4v) is 4.71. The number of hydrogen-bond acceptors (Lipinski definition) is 5. The molecular formula is C20H26BrN3O4S. The average Bonchev–Trinajstić information content (AvgIpc) is 3.24. The molecule has 2 aromatic rings. The summed E-state index contributed by atoms with van der Waals surface area (Å²) in [7, 11) is -3.63. The first-order chi connectivity index (χ1) is 14.0. The van der Waals surface area contributed by atoms with E-state index in [-0.39, 0.29) is 29.8 Å². The van der Waals surface area contributed by atoms with Gasteiger partial charge >= 0.3 is 0 Å². The van der Waals surface area contributed by atoms with Crippen molar-refractivity contribution in [2.24, 2.45) is 0 Å². The van der Waals surface area contributed by atoms with Gasteiger partial charge in [0.25, 0.3) is 0 Å². The number of benzene rings is 1. The monoisotopic (exact) mass is 483 g/mol. The number of nitrogens with zero attached hydrogens (tertiary/aromatic N) is 1. The lowest BCUT2D eigenvalue weighted by atomic mass is 10.1. The number of furan rings is 1. The molecule has 9 heteroatoms. The Hall–Kier alpha value is -1.68. The zero-order valence-electron chi connectivity index (χ0n) is 16.1. The predicted octanol–water partition coefficient (Wildman–Crippen LogP) is 3.05. The van der Waals surface area contributed by atoms with E-state index in [0.717, 1.165) is 36.2 Å². The molecule has 1 fully saturated rings. The SMILES string of the molecule is O=C(CCNS(=O)(=O)c1ccc(Br)cc1)NC[C@H](c1ccco1)N1CCCCC1. The Labute approximate surface area is 180 Å². The molecule has 0 radical (unpaired) electrons. The van der Waals surface area contributed by atoms with Gasteiger partial charge in [0.2, 0.25) is 15.9 Å². The molecule has 1 aromatic heterocycles. The van der Waals surface area contributed by atoms with Gasteiger partial charge in [0.15, 0.2) is 0 Å². The van der Waals surface area contributed by atoms with E-state index in [1.54, 1.807) is 18.4 Å². The van der Waals surface area contributed by atoms with E-state index in [1.807, 2.05) is 12.1 Å². The molecule has 7 nitrogen and oxygen atoms in total. The van der Waals surface area contributed by atoms with Crippen molar-refractivity contribution in [1.29, 1.82) is 0 Å². The highest BCUT2D eigenvalue weighted by Gasteiger charge is 2.25. The lowest BCUT2D eigenvalue weighted by molar-refractivity contribution is -0.121. The normalized spacial score (nSPS) is 16.4. The van der Waals surface area contributed by atoms with E-state index in [4.69, 9.17) is 4.42 Å². The van der Waals surface area contributed by atoms with Gasteiger partial charge in [0, 0.05) is 24.0 Å². The van der Waals surface area contributed by atoms with Crippen LogP contribution in [0.5, 0.6) is 0 Å². The third-order valence-corrected chi connectivity index (χ3v) is 6.97. The maximum Gasteiger partial charge on any atom is 0.240 e. The molecule has 29 heavy (non-hydrogen) atoms. The summed E-state index contributed by atoms with van der Waals surface area (Å²) in [5.74, 6) is 0.639. The fourth-order valence-electron chi connectivity index (χ4n) is 3.42. The van der Waals surface area contributed by atoms with E-state index in [1.165, 1.54) is 18.6 Å². The van der Waals surface area contributed by atoms with Crippen LogP contribution in [0.15, 0.2) is 56.4 Å². The van der Waals surface area contributed by atoms with Crippen molar-refractivity contribution < 1.29 is 17.6 Å². The smallest absolute Gasteiger partial charge is 0.240 e. The molecule has 0 spiro atoms. The van der Waals surface area contributed by atoms with E-state index >= 15 is 0 Å². The number of likely N-dealkylation sites (tertiary alicyclic amines) is 1. The summed E-state index contributed by atoms with van der Waals surface area (Å²) in [6.45, 7) is 2.44. The van der Waals surface area contributed by atoms with Gasteiger partial charge in [-0.15, -0.1) is 0 Å². The Kier molecular flexibility index (Phi) is 7.88. The van der Waals surface area contributed by atoms with Crippen molar-refractivity contribution in [3.63, 3.8) is 0 Å². The van der Waals surface area contributed by atoms with E-state index < -0.39 is 10.0 Å². The first kappa shape index (κ1) is 22.0. The van der Waals surface area contributed by atoms with Crippen LogP contribution in [-0.4, -0.2) is 45.4 Å². The van der Waals surface area contributed by atoms with Gasteiger partial charge in [-0.3, -0.25) is 9.69 Å². The molecule has 0 unspecified atom stereocenters. The average molecular weight is 484 g/mol. The number of carbonyl (C=O) groups is 1. The van der Waals surface area contributed by atoms with Crippen LogP contribution in [0.2, 0.25) is 0 Å². The summed E-state index contributed by atoms with van der Waals surface area (Å²) < 4.78 is 33.4. The number of hydrogen-bond donors (Lipinski definition) is 2. The number of amides is 1. The highest BCUT2D eigenvalue weighted by molar-refractivity contribution is 9.10. The van der Waals surface area contributed by atoms with Gasteiger partial charge in [-0.25, -0.2) is 13.1 Å². The van der Waals surface area contributed by atoms with Gasteiger partial charge in [0.1, 0.15) is 5.76 Å². The molecule has 1 saturated heterocycles. The Morgan fingerprint density at radius 1 is 1.14 bits per heavy atom. The summed E-state index contributed by atoms with van der Waals surface area (Å²) in [6.07, 6.45) is 5.23. The number of nitrogens with one attached hydrogen (secondary N) is 2. The molecule has 158 valence electrons. The van der Waals surface area contributed by atoms with Crippen molar-refractivity contribution in [3.8, 4) is 0 Å². The largest absolute Gasteiger partial charge is 0.468 e. The van der Waals surface area contributed by atoms with Crippen molar-refractivity contribution >= 4 is 31.9 Å². The zero-order valence-corrected chi connectivity index (χ0v) is 18.5. The quantitative estimate of drug-likeness (QED) is 0.571. The van der Waals surface area contributed by atoms with Crippen LogP contribution >= 0.6 is 15.9 Å². The van der Waals surface area contributed by atoms with Crippen LogP contribution in [0.25, 0.3) is 0 Å². The third-order valence-electron chi connectivity index (χ3n) is 4.96. The van der Waals surface area contributed by atoms with Gasteiger partial charge in [0.05, 0.1) is 17.2 Å². The Morgan fingerprint density at radius 3 is 2.52 bits per heavy atom. The summed E-state index contributed by atoms with van der Waals surface area (Å²) in [4.78, 5) is 14.8. The summed E-state index contributed by atoms with van der Waals surface area (Å²) >= 11 is 3.28. The number of halogens is 1. The second kappa shape index (κ2) is 10.4. The second-order valence-electron chi connectivity index (χ2n) is 7.03. The molecule has 0 saturated carbocycles. The minimum absolute atomic E-state index is 0.00583. The maximum atomic E-state index is 12.3. The lowest BCUT2D eigenvalue weighted by Crippen LogP contribution is -2.41. The van der Waals surface area contributed by atoms with Crippen LogP contribution in [0, 0.1) is 0 Å². The molecule has 0 aliphatic carbocycles. The molecule has 2 heterocycles. The maximum absolute atomic E-state index is 12.3. The number of sulfonamides is 1. The zero-order chi connectivity index (χ0) is 20.7. The summed E-state index contributed by atoms with van der Waals surface area (Å²) in [5, 5.41) is 2.92. The summed E-state index contributed by atoms with van der Waals surface area (Å²) in [5.41, 5.74) is 0. The van der Waals surface area contributed by atoms with Gasteiger partial charge in [-0.2, -0.15) is 0 Å². The molecule has 1 amide bonds. The fraction of sp³-hybridized carbons (Fsp3) is 0.450. The minimum Gasteiger partial charge on any atom is -0.468 e. The highest BCUT2D eigenvalue weighted by Crippen LogP contribution is 2.24. The Bertz CT molecular complexity index is 879. The predicted molar refractivity (Wildman–Crippen MR) is 114 cm³/mol. The van der Waals surface area contributed by atoms with E-state index in [9.17, 15) is 13.2 Å². The Morgan fingerprint density at radius 2 is 1.86 bits per heavy atom.